The van der Waals surface area contributed by atoms with Crippen molar-refractivity contribution in [2.45, 2.75) is 13.5 Å². The molecule has 0 amide bonds. The van der Waals surface area contributed by atoms with E-state index in [4.69, 9.17) is 4.74 Å². The molecule has 0 saturated carbocycles. The quantitative estimate of drug-likeness (QED) is 0.834. The molecule has 1 aromatic heterocycles. The van der Waals surface area contributed by atoms with Crippen LogP contribution in [0.15, 0.2) is 24.4 Å². The molecule has 0 aliphatic heterocycles. The molecule has 2 aromatic rings. The number of methoxy groups -OCH3 is 1. The van der Waals surface area contributed by atoms with Gasteiger partial charge in [0.15, 0.2) is 5.88 Å². The molecule has 80 valence electrons. The molecule has 0 aliphatic carbocycles. The number of fused-ring (bicyclic) bond motifs is 1. The van der Waals surface area contributed by atoms with Crippen molar-refractivity contribution in [3.63, 3.8) is 0 Å². The van der Waals surface area contributed by atoms with Gasteiger partial charge < -0.3 is 14.4 Å². The number of nitrogens with zero attached hydrogens (tertiary/aromatic N) is 1. The Morgan fingerprint density at radius 3 is 2.93 bits per heavy atom. The van der Waals surface area contributed by atoms with Crippen LogP contribution >= 0.6 is 0 Å². The highest BCUT2D eigenvalue weighted by Crippen LogP contribution is 2.27. The summed E-state index contributed by atoms with van der Waals surface area (Å²) in [6, 6.07) is 6.06. The first kappa shape index (κ1) is 10.1. The second-order valence-corrected chi connectivity index (χ2v) is 3.73. The average Bonchev–Trinajstić information content (AvgIpc) is 2.53. The van der Waals surface area contributed by atoms with Gasteiger partial charge in [-0.3, -0.25) is 0 Å². The molecular formula is C12H15NO2. The molecule has 0 spiro atoms. The van der Waals surface area contributed by atoms with Crippen LogP contribution in [0.3, 0.4) is 0 Å². The third kappa shape index (κ3) is 1.83. The van der Waals surface area contributed by atoms with E-state index >= 15 is 0 Å². The minimum atomic E-state index is 0.325. The van der Waals surface area contributed by atoms with Crippen LogP contribution in [0, 0.1) is 6.92 Å². The van der Waals surface area contributed by atoms with Gasteiger partial charge in [-0.1, -0.05) is 17.7 Å². The van der Waals surface area contributed by atoms with E-state index in [0.717, 1.165) is 16.3 Å². The van der Waals surface area contributed by atoms with E-state index in [-0.39, 0.29) is 0 Å². The molecule has 0 bridgehead atoms. The van der Waals surface area contributed by atoms with Crippen molar-refractivity contribution in [3.8, 4) is 5.88 Å². The largest absolute Gasteiger partial charge is 0.494 e. The topological polar surface area (TPSA) is 34.4 Å². The van der Waals surface area contributed by atoms with Crippen LogP contribution < -0.4 is 0 Å². The smallest absolute Gasteiger partial charge is 0.199 e. The molecule has 1 aromatic carbocycles. The van der Waals surface area contributed by atoms with Crippen LogP contribution in [0.25, 0.3) is 10.8 Å². The Morgan fingerprint density at radius 2 is 2.20 bits per heavy atom. The van der Waals surface area contributed by atoms with Crippen LogP contribution in [0.1, 0.15) is 5.56 Å². The number of aromatic nitrogens is 1. The summed E-state index contributed by atoms with van der Waals surface area (Å²) in [6.07, 6.45) is 1.95. The summed E-state index contributed by atoms with van der Waals surface area (Å²) in [5.74, 6) is 0.325. The third-order valence-corrected chi connectivity index (χ3v) is 2.55. The van der Waals surface area contributed by atoms with Gasteiger partial charge in [-0.25, -0.2) is 0 Å². The van der Waals surface area contributed by atoms with Gasteiger partial charge in [-0.2, -0.15) is 0 Å². The van der Waals surface area contributed by atoms with Gasteiger partial charge in [0.1, 0.15) is 0 Å². The first-order chi connectivity index (χ1) is 7.22. The molecular weight excluding hydrogens is 190 g/mol. The highest BCUT2D eigenvalue weighted by atomic mass is 16.5. The highest BCUT2D eigenvalue weighted by molar-refractivity contribution is 5.88. The monoisotopic (exact) mass is 205 g/mol. The molecule has 1 heterocycles. The molecule has 15 heavy (non-hydrogen) atoms. The Hall–Kier alpha value is -1.48. The molecule has 0 atom stereocenters. The predicted octanol–water partition coefficient (Wildman–Crippen LogP) is 2.30. The van der Waals surface area contributed by atoms with E-state index in [1.165, 1.54) is 0 Å². The van der Waals surface area contributed by atoms with Gasteiger partial charge in [0.25, 0.3) is 0 Å². The molecule has 0 unspecified atom stereocenters. The second kappa shape index (κ2) is 3.95. The van der Waals surface area contributed by atoms with Crippen molar-refractivity contribution in [1.29, 1.82) is 0 Å². The van der Waals surface area contributed by atoms with E-state index in [1.807, 2.05) is 35.9 Å². The maximum absolute atomic E-state index is 9.95. The van der Waals surface area contributed by atoms with Gasteiger partial charge in [0.05, 0.1) is 6.61 Å². The fourth-order valence-electron chi connectivity index (χ4n) is 1.72. The standard InChI is InChI=1S/C12H15NO2/c1-9-3-4-10-8-13(5-6-15-2)12(14)11(10)7-9/h3-4,7-8,14H,5-6H2,1-2H3. The molecule has 2 rings (SSSR count). The lowest BCUT2D eigenvalue weighted by atomic mass is 10.1. The maximum atomic E-state index is 9.95. The summed E-state index contributed by atoms with van der Waals surface area (Å²) in [7, 11) is 1.66. The van der Waals surface area contributed by atoms with Crippen molar-refractivity contribution >= 4 is 10.8 Å². The number of aryl methyl sites for hydroxylation is 1. The summed E-state index contributed by atoms with van der Waals surface area (Å²) >= 11 is 0. The fourth-order valence-corrected chi connectivity index (χ4v) is 1.72. The first-order valence-electron chi connectivity index (χ1n) is 5.00. The van der Waals surface area contributed by atoms with Crippen molar-refractivity contribution in [2.75, 3.05) is 13.7 Å². The van der Waals surface area contributed by atoms with Crippen molar-refractivity contribution < 1.29 is 9.84 Å². The van der Waals surface area contributed by atoms with E-state index in [0.29, 0.717) is 19.0 Å². The SMILES string of the molecule is COCCn1cc2ccc(C)cc2c1O. The van der Waals surface area contributed by atoms with Gasteiger partial charge in [-0.05, 0) is 13.0 Å². The molecule has 0 radical (unpaired) electrons. The van der Waals surface area contributed by atoms with Crippen LogP contribution in [0.2, 0.25) is 0 Å². The van der Waals surface area contributed by atoms with Crippen molar-refractivity contribution in [2.24, 2.45) is 0 Å². The van der Waals surface area contributed by atoms with E-state index in [2.05, 4.69) is 0 Å². The molecule has 0 aliphatic rings. The van der Waals surface area contributed by atoms with E-state index < -0.39 is 0 Å². The van der Waals surface area contributed by atoms with E-state index in [9.17, 15) is 5.11 Å². The lowest BCUT2D eigenvalue weighted by molar-refractivity contribution is 0.184. The Balaban J connectivity index is 2.45. The molecule has 0 fully saturated rings. The summed E-state index contributed by atoms with van der Waals surface area (Å²) < 4.78 is 6.80. The number of hydrogen-bond donors (Lipinski definition) is 1. The summed E-state index contributed by atoms with van der Waals surface area (Å²) in [4.78, 5) is 0. The summed E-state index contributed by atoms with van der Waals surface area (Å²) in [5.41, 5.74) is 1.15. The number of benzene rings is 1. The van der Waals surface area contributed by atoms with Crippen LogP contribution in [-0.4, -0.2) is 23.4 Å². The molecule has 1 N–H and O–H groups in total. The number of ether oxygens (including phenoxy) is 1. The van der Waals surface area contributed by atoms with Gasteiger partial charge in [-0.15, -0.1) is 0 Å². The van der Waals surface area contributed by atoms with Gasteiger partial charge in [0, 0.05) is 30.6 Å². The lowest BCUT2D eigenvalue weighted by Crippen LogP contribution is -2.01. The van der Waals surface area contributed by atoms with Crippen molar-refractivity contribution in [3.05, 3.63) is 30.0 Å². The molecule has 0 saturated heterocycles. The minimum absolute atomic E-state index is 0.325. The lowest BCUT2D eigenvalue weighted by Gasteiger charge is -2.02. The fraction of sp³-hybridized carbons (Fsp3) is 0.333. The Morgan fingerprint density at radius 1 is 1.40 bits per heavy atom. The first-order valence-corrected chi connectivity index (χ1v) is 5.00. The minimum Gasteiger partial charge on any atom is -0.494 e. The number of aromatic hydroxyl groups is 1. The average molecular weight is 205 g/mol. The van der Waals surface area contributed by atoms with Crippen LogP contribution in [-0.2, 0) is 11.3 Å². The summed E-state index contributed by atoms with van der Waals surface area (Å²) in [5, 5.41) is 11.9. The van der Waals surface area contributed by atoms with Crippen LogP contribution in [0.4, 0.5) is 0 Å². The second-order valence-electron chi connectivity index (χ2n) is 3.73. The Kier molecular flexibility index (Phi) is 2.64. The summed E-state index contributed by atoms with van der Waals surface area (Å²) in [6.45, 7) is 3.30. The Bertz CT molecular complexity index is 474. The zero-order valence-corrected chi connectivity index (χ0v) is 9.03. The normalized spacial score (nSPS) is 11.1. The zero-order valence-electron chi connectivity index (χ0n) is 9.03. The maximum Gasteiger partial charge on any atom is 0.199 e. The van der Waals surface area contributed by atoms with Crippen LogP contribution in [0.5, 0.6) is 5.88 Å². The van der Waals surface area contributed by atoms with E-state index in [1.54, 1.807) is 7.11 Å². The zero-order chi connectivity index (χ0) is 10.8. The van der Waals surface area contributed by atoms with Gasteiger partial charge >= 0.3 is 0 Å². The number of rotatable bonds is 3. The predicted molar refractivity (Wildman–Crippen MR) is 60.2 cm³/mol. The third-order valence-electron chi connectivity index (χ3n) is 2.55. The van der Waals surface area contributed by atoms with Gasteiger partial charge in [0.2, 0.25) is 0 Å². The molecule has 3 heteroatoms. The molecule has 3 nitrogen and oxygen atoms in total. The highest BCUT2D eigenvalue weighted by Gasteiger charge is 2.07. The van der Waals surface area contributed by atoms with Crippen molar-refractivity contribution in [1.82, 2.24) is 4.57 Å². The number of hydrogen-bond acceptors (Lipinski definition) is 2. The Labute approximate surface area is 88.9 Å².